The molecule has 0 amide bonds. The number of hydrogen-bond acceptors (Lipinski definition) is 1. The zero-order valence-corrected chi connectivity index (χ0v) is 11.0. The smallest absolute Gasteiger partial charge is 0.0363 e. The maximum Gasteiger partial charge on any atom is 0.0363 e. The van der Waals surface area contributed by atoms with Gasteiger partial charge >= 0.3 is 0 Å². The largest absolute Gasteiger partial charge is 0.374 e. The molecule has 0 spiro atoms. The standard InChI is InChI=1S/C13H18BrN/c1-10-7-12(10)9-15(2)13-5-3-11(8-14)4-6-13/h3-6,10,12H,7-9H2,1-2H3. The van der Waals surface area contributed by atoms with Gasteiger partial charge in [-0.05, 0) is 36.0 Å². The molecule has 1 saturated carbocycles. The number of halogens is 1. The third-order valence-corrected chi connectivity index (χ3v) is 3.96. The van der Waals surface area contributed by atoms with Gasteiger partial charge in [0.25, 0.3) is 0 Å². The number of benzene rings is 1. The Bertz CT molecular complexity index is 320. The fourth-order valence-electron chi connectivity index (χ4n) is 1.95. The average Bonchev–Trinajstić information content (AvgIpc) is 2.94. The topological polar surface area (TPSA) is 3.24 Å². The van der Waals surface area contributed by atoms with Gasteiger partial charge in [0.15, 0.2) is 0 Å². The van der Waals surface area contributed by atoms with Crippen LogP contribution in [0.15, 0.2) is 24.3 Å². The van der Waals surface area contributed by atoms with E-state index in [0.717, 1.165) is 17.2 Å². The molecule has 0 N–H and O–H groups in total. The van der Waals surface area contributed by atoms with Crippen LogP contribution in [-0.4, -0.2) is 13.6 Å². The molecule has 0 aromatic heterocycles. The molecule has 1 aliphatic carbocycles. The number of rotatable bonds is 4. The minimum absolute atomic E-state index is 0.922. The lowest BCUT2D eigenvalue weighted by Crippen LogP contribution is -2.20. The highest BCUT2D eigenvalue weighted by Crippen LogP contribution is 2.38. The van der Waals surface area contributed by atoms with Crippen molar-refractivity contribution in [1.29, 1.82) is 0 Å². The summed E-state index contributed by atoms with van der Waals surface area (Å²) in [6.45, 7) is 3.54. The summed E-state index contributed by atoms with van der Waals surface area (Å²) in [6, 6.07) is 8.81. The predicted octanol–water partition coefficient (Wildman–Crippen LogP) is 3.67. The summed E-state index contributed by atoms with van der Waals surface area (Å²) in [7, 11) is 2.19. The Morgan fingerprint density at radius 2 is 1.93 bits per heavy atom. The van der Waals surface area contributed by atoms with E-state index in [2.05, 4.69) is 59.1 Å². The van der Waals surface area contributed by atoms with E-state index in [1.54, 1.807) is 0 Å². The zero-order valence-electron chi connectivity index (χ0n) is 9.41. The van der Waals surface area contributed by atoms with Crippen LogP contribution in [0.5, 0.6) is 0 Å². The van der Waals surface area contributed by atoms with E-state index in [-0.39, 0.29) is 0 Å². The van der Waals surface area contributed by atoms with Gasteiger partial charge in [-0.25, -0.2) is 0 Å². The van der Waals surface area contributed by atoms with Gasteiger partial charge in [-0.15, -0.1) is 0 Å². The van der Waals surface area contributed by atoms with Gasteiger partial charge < -0.3 is 4.90 Å². The summed E-state index contributed by atoms with van der Waals surface area (Å²) < 4.78 is 0. The van der Waals surface area contributed by atoms with E-state index in [1.165, 1.54) is 24.2 Å². The summed E-state index contributed by atoms with van der Waals surface area (Å²) in [5.74, 6) is 1.86. The van der Waals surface area contributed by atoms with Crippen LogP contribution in [0.3, 0.4) is 0 Å². The molecular weight excluding hydrogens is 250 g/mol. The number of nitrogens with zero attached hydrogens (tertiary/aromatic N) is 1. The normalized spacial score (nSPS) is 23.9. The predicted molar refractivity (Wildman–Crippen MR) is 69.6 cm³/mol. The van der Waals surface area contributed by atoms with E-state index in [1.807, 2.05) is 0 Å². The first kappa shape index (κ1) is 11.0. The van der Waals surface area contributed by atoms with Crippen molar-refractivity contribution in [1.82, 2.24) is 0 Å². The summed E-state index contributed by atoms with van der Waals surface area (Å²) in [4.78, 5) is 2.37. The van der Waals surface area contributed by atoms with Crippen molar-refractivity contribution in [3.05, 3.63) is 29.8 Å². The second-order valence-corrected chi connectivity index (χ2v) is 5.21. The van der Waals surface area contributed by atoms with Gasteiger partial charge in [0.2, 0.25) is 0 Å². The Kier molecular flexibility index (Phi) is 3.35. The molecule has 1 nitrogen and oxygen atoms in total. The molecule has 1 aromatic rings. The van der Waals surface area contributed by atoms with Crippen molar-refractivity contribution in [2.24, 2.45) is 11.8 Å². The van der Waals surface area contributed by atoms with E-state index < -0.39 is 0 Å². The monoisotopic (exact) mass is 267 g/mol. The molecule has 0 saturated heterocycles. The Morgan fingerprint density at radius 3 is 2.40 bits per heavy atom. The fraction of sp³-hybridized carbons (Fsp3) is 0.538. The lowest BCUT2D eigenvalue weighted by molar-refractivity contribution is 0.725. The number of alkyl halides is 1. The highest BCUT2D eigenvalue weighted by molar-refractivity contribution is 9.08. The van der Waals surface area contributed by atoms with Crippen molar-refractivity contribution in [2.75, 3.05) is 18.5 Å². The SMILES string of the molecule is CC1CC1CN(C)c1ccc(CBr)cc1. The first-order chi connectivity index (χ1) is 7.20. The highest BCUT2D eigenvalue weighted by Gasteiger charge is 2.33. The van der Waals surface area contributed by atoms with E-state index in [4.69, 9.17) is 0 Å². The molecule has 82 valence electrons. The molecule has 2 atom stereocenters. The molecule has 0 radical (unpaired) electrons. The first-order valence-corrected chi connectivity index (χ1v) is 6.69. The molecule has 1 fully saturated rings. The average molecular weight is 268 g/mol. The first-order valence-electron chi connectivity index (χ1n) is 5.56. The quantitative estimate of drug-likeness (QED) is 0.753. The summed E-state index contributed by atoms with van der Waals surface area (Å²) in [5.41, 5.74) is 2.67. The number of anilines is 1. The zero-order chi connectivity index (χ0) is 10.8. The summed E-state index contributed by atoms with van der Waals surface area (Å²) >= 11 is 3.46. The Morgan fingerprint density at radius 1 is 1.33 bits per heavy atom. The second-order valence-electron chi connectivity index (χ2n) is 4.65. The highest BCUT2D eigenvalue weighted by atomic mass is 79.9. The van der Waals surface area contributed by atoms with Crippen molar-refractivity contribution < 1.29 is 0 Å². The summed E-state index contributed by atoms with van der Waals surface area (Å²) in [5, 5.41) is 0.941. The van der Waals surface area contributed by atoms with Crippen LogP contribution in [0.25, 0.3) is 0 Å². The van der Waals surface area contributed by atoms with E-state index in [0.29, 0.717) is 0 Å². The Balaban J connectivity index is 1.95. The molecule has 0 aliphatic heterocycles. The van der Waals surface area contributed by atoms with Crippen LogP contribution < -0.4 is 4.90 Å². The maximum absolute atomic E-state index is 3.46. The van der Waals surface area contributed by atoms with Gasteiger partial charge in [0, 0.05) is 24.6 Å². The molecule has 1 aliphatic rings. The van der Waals surface area contributed by atoms with Gasteiger partial charge in [-0.2, -0.15) is 0 Å². The molecule has 15 heavy (non-hydrogen) atoms. The Hall–Kier alpha value is -0.500. The minimum Gasteiger partial charge on any atom is -0.374 e. The minimum atomic E-state index is 0.922. The third-order valence-electron chi connectivity index (χ3n) is 3.32. The molecule has 0 heterocycles. The van der Waals surface area contributed by atoms with Crippen molar-refractivity contribution in [2.45, 2.75) is 18.7 Å². The van der Waals surface area contributed by atoms with E-state index in [9.17, 15) is 0 Å². The van der Waals surface area contributed by atoms with Crippen LogP contribution in [0.4, 0.5) is 5.69 Å². The number of hydrogen-bond donors (Lipinski definition) is 0. The van der Waals surface area contributed by atoms with Gasteiger partial charge in [-0.3, -0.25) is 0 Å². The molecule has 0 bridgehead atoms. The van der Waals surface area contributed by atoms with Crippen LogP contribution in [0.2, 0.25) is 0 Å². The molecule has 1 aromatic carbocycles. The van der Waals surface area contributed by atoms with Crippen LogP contribution >= 0.6 is 15.9 Å². The molecule has 2 unspecified atom stereocenters. The van der Waals surface area contributed by atoms with Crippen LogP contribution in [0, 0.1) is 11.8 Å². The fourth-order valence-corrected chi connectivity index (χ4v) is 2.32. The molecule has 2 heteroatoms. The third kappa shape index (κ3) is 2.75. The molecular formula is C13H18BrN. The lowest BCUT2D eigenvalue weighted by Gasteiger charge is -2.19. The summed E-state index contributed by atoms with van der Waals surface area (Å²) in [6.07, 6.45) is 1.41. The van der Waals surface area contributed by atoms with Crippen molar-refractivity contribution >= 4 is 21.6 Å². The maximum atomic E-state index is 3.46. The molecule has 2 rings (SSSR count). The van der Waals surface area contributed by atoms with E-state index >= 15 is 0 Å². The Labute approximate surface area is 101 Å². The second kappa shape index (κ2) is 4.56. The van der Waals surface area contributed by atoms with Crippen LogP contribution in [0.1, 0.15) is 18.9 Å². The van der Waals surface area contributed by atoms with Crippen molar-refractivity contribution in [3.63, 3.8) is 0 Å². The van der Waals surface area contributed by atoms with Crippen molar-refractivity contribution in [3.8, 4) is 0 Å². The van der Waals surface area contributed by atoms with Gasteiger partial charge in [0.05, 0.1) is 0 Å². The van der Waals surface area contributed by atoms with Gasteiger partial charge in [0.1, 0.15) is 0 Å². The lowest BCUT2D eigenvalue weighted by atomic mass is 10.2. The van der Waals surface area contributed by atoms with Gasteiger partial charge in [-0.1, -0.05) is 35.0 Å². The van der Waals surface area contributed by atoms with Crippen LogP contribution in [-0.2, 0) is 5.33 Å².